The van der Waals surface area contributed by atoms with Crippen LogP contribution >= 0.6 is 9.03 Å². The zero-order valence-corrected chi connectivity index (χ0v) is 11.2. The van der Waals surface area contributed by atoms with E-state index in [9.17, 15) is 9.59 Å². The van der Waals surface area contributed by atoms with Gasteiger partial charge in [-0.25, -0.2) is 4.79 Å². The van der Waals surface area contributed by atoms with Gasteiger partial charge in [0.1, 0.15) is 12.3 Å². The van der Waals surface area contributed by atoms with Gasteiger partial charge < -0.3 is 19.3 Å². The van der Waals surface area contributed by atoms with Crippen molar-refractivity contribution in [1.29, 1.82) is 0 Å². The Morgan fingerprint density at radius 3 is 3.00 bits per heavy atom. The van der Waals surface area contributed by atoms with Crippen molar-refractivity contribution in [3.63, 3.8) is 0 Å². The fourth-order valence-corrected chi connectivity index (χ4v) is 2.41. The van der Waals surface area contributed by atoms with Crippen LogP contribution in [0.3, 0.4) is 0 Å². The highest BCUT2D eigenvalue weighted by Crippen LogP contribution is 2.32. The molecular weight excluding hydrogens is 275 g/mol. The van der Waals surface area contributed by atoms with Crippen LogP contribution in [-0.2, 0) is 9.26 Å². The Morgan fingerprint density at radius 1 is 1.63 bits per heavy atom. The van der Waals surface area contributed by atoms with Gasteiger partial charge in [-0.05, 0) is 6.92 Å². The topological polar surface area (TPSA) is 114 Å². The Bertz CT molecular complexity index is 556. The van der Waals surface area contributed by atoms with Crippen molar-refractivity contribution in [1.82, 2.24) is 9.55 Å². The van der Waals surface area contributed by atoms with E-state index in [4.69, 9.17) is 19.3 Å². The molecule has 1 aromatic rings. The first-order valence-corrected chi connectivity index (χ1v) is 6.55. The summed E-state index contributed by atoms with van der Waals surface area (Å²) in [5, 5.41) is 9.17. The lowest BCUT2D eigenvalue weighted by Crippen LogP contribution is -2.33. The van der Waals surface area contributed by atoms with Crippen molar-refractivity contribution in [3.8, 4) is 0 Å². The third-order valence-electron chi connectivity index (χ3n) is 3.02. The summed E-state index contributed by atoms with van der Waals surface area (Å²) in [5.74, 6) is 0. The molecule has 106 valence electrons. The fraction of sp³-hybridized carbons (Fsp3) is 0.600. The average Bonchev–Trinajstić information content (AvgIpc) is 2.77. The first-order chi connectivity index (χ1) is 9.06. The van der Waals surface area contributed by atoms with E-state index in [1.54, 1.807) is 6.92 Å². The number of aromatic nitrogens is 2. The highest BCUT2D eigenvalue weighted by Gasteiger charge is 2.37. The highest BCUT2D eigenvalue weighted by molar-refractivity contribution is 7.25. The maximum atomic E-state index is 11.7. The van der Waals surface area contributed by atoms with Gasteiger partial charge in [0.2, 0.25) is 0 Å². The molecule has 0 bridgehead atoms. The number of nitrogens with one attached hydrogen (secondary N) is 1. The molecule has 0 aromatic carbocycles. The van der Waals surface area contributed by atoms with Crippen LogP contribution in [0.4, 0.5) is 0 Å². The Morgan fingerprint density at radius 2 is 2.37 bits per heavy atom. The highest BCUT2D eigenvalue weighted by atomic mass is 31.1. The molecule has 0 amide bonds. The van der Waals surface area contributed by atoms with Gasteiger partial charge in [-0.2, -0.15) is 0 Å². The van der Waals surface area contributed by atoms with Crippen molar-refractivity contribution >= 4 is 9.03 Å². The van der Waals surface area contributed by atoms with E-state index in [2.05, 4.69) is 4.98 Å². The van der Waals surface area contributed by atoms with Crippen LogP contribution < -0.4 is 11.2 Å². The molecule has 1 fully saturated rings. The molecule has 0 aliphatic carbocycles. The Kier molecular flexibility index (Phi) is 4.49. The summed E-state index contributed by atoms with van der Waals surface area (Å²) in [6.07, 6.45) is -0.0172. The van der Waals surface area contributed by atoms with Gasteiger partial charge in [0, 0.05) is 18.2 Å². The number of hydrogen-bond acceptors (Lipinski definition) is 6. The van der Waals surface area contributed by atoms with Gasteiger partial charge in [-0.1, -0.05) is 0 Å². The van der Waals surface area contributed by atoms with Crippen molar-refractivity contribution in [2.45, 2.75) is 31.8 Å². The number of nitrogens with zero attached hydrogens (tertiary/aromatic N) is 1. The maximum Gasteiger partial charge on any atom is 0.330 e. The molecular formula is C10H15N2O6P. The van der Waals surface area contributed by atoms with Crippen molar-refractivity contribution < 1.29 is 19.3 Å². The molecule has 1 aliphatic rings. The van der Waals surface area contributed by atoms with Crippen LogP contribution in [0.2, 0.25) is 0 Å². The third kappa shape index (κ3) is 2.93. The van der Waals surface area contributed by atoms with Crippen LogP contribution in [0, 0.1) is 6.92 Å². The molecule has 0 saturated carbocycles. The smallest absolute Gasteiger partial charge is 0.330 e. The van der Waals surface area contributed by atoms with Gasteiger partial charge in [0.25, 0.3) is 5.56 Å². The summed E-state index contributed by atoms with van der Waals surface area (Å²) in [7, 11) is -0.715. The van der Waals surface area contributed by atoms with Crippen LogP contribution in [0.15, 0.2) is 15.8 Å². The van der Waals surface area contributed by atoms with E-state index < -0.39 is 38.7 Å². The van der Waals surface area contributed by atoms with Crippen molar-refractivity contribution in [2.75, 3.05) is 6.61 Å². The summed E-state index contributed by atoms with van der Waals surface area (Å²) in [4.78, 5) is 34.0. The Hall–Kier alpha value is -1.05. The number of rotatable bonds is 4. The minimum Gasteiger partial charge on any atom is -0.394 e. The Labute approximate surface area is 109 Å². The quantitative estimate of drug-likeness (QED) is 0.614. The molecule has 0 spiro atoms. The zero-order valence-electron chi connectivity index (χ0n) is 10.2. The molecule has 8 nitrogen and oxygen atoms in total. The number of H-pyrrole nitrogens is 1. The first kappa shape index (κ1) is 14.4. The third-order valence-corrected chi connectivity index (χ3v) is 3.43. The Balaban J connectivity index is 2.27. The normalized spacial score (nSPS) is 27.4. The minimum atomic E-state index is -0.715. The van der Waals surface area contributed by atoms with Crippen LogP contribution in [-0.4, -0.2) is 38.4 Å². The molecule has 2 heterocycles. The van der Waals surface area contributed by atoms with Gasteiger partial charge in [-0.15, -0.1) is 0 Å². The number of aromatic amines is 1. The van der Waals surface area contributed by atoms with E-state index in [-0.39, 0.29) is 6.61 Å². The standard InChI is InChI=1S/C10H15N2O6P/c1-5-3-12(10(15)11-9(5)14)8-2-6(18-19-16)7(4-13)17-8/h3,6-8,13,16,19H,2,4H2,1H3,(H,11,14,15). The van der Waals surface area contributed by atoms with Gasteiger partial charge in [0.15, 0.2) is 9.03 Å². The number of aliphatic hydroxyl groups is 1. The lowest BCUT2D eigenvalue weighted by atomic mass is 10.2. The predicted octanol–water partition coefficient (Wildman–Crippen LogP) is -0.989. The van der Waals surface area contributed by atoms with E-state index in [1.165, 1.54) is 10.8 Å². The summed E-state index contributed by atoms with van der Waals surface area (Å²) in [5.41, 5.74) is -0.635. The van der Waals surface area contributed by atoms with E-state index in [0.29, 0.717) is 12.0 Å². The van der Waals surface area contributed by atoms with Crippen LogP contribution in [0.5, 0.6) is 0 Å². The molecule has 1 aliphatic heterocycles. The summed E-state index contributed by atoms with van der Waals surface area (Å²) >= 11 is 0. The fourth-order valence-electron chi connectivity index (χ4n) is 2.03. The summed E-state index contributed by atoms with van der Waals surface area (Å²) in [6, 6.07) is 0. The summed E-state index contributed by atoms with van der Waals surface area (Å²) < 4.78 is 11.8. The molecule has 2 rings (SSSR count). The largest absolute Gasteiger partial charge is 0.394 e. The second kappa shape index (κ2) is 5.94. The molecule has 4 atom stereocenters. The maximum absolute atomic E-state index is 11.7. The molecule has 1 aromatic heterocycles. The number of ether oxygens (including phenoxy) is 1. The van der Waals surface area contributed by atoms with Crippen molar-refractivity contribution in [3.05, 3.63) is 32.6 Å². The van der Waals surface area contributed by atoms with Crippen LogP contribution in [0.1, 0.15) is 18.2 Å². The lowest BCUT2D eigenvalue weighted by molar-refractivity contribution is -0.0414. The molecule has 3 N–H and O–H groups in total. The SMILES string of the molecule is Cc1cn(C2CC(OPO)C(CO)O2)c(=O)[nH]c1=O. The van der Waals surface area contributed by atoms with E-state index >= 15 is 0 Å². The summed E-state index contributed by atoms with van der Waals surface area (Å²) in [6.45, 7) is 1.30. The first-order valence-electron chi connectivity index (χ1n) is 5.70. The molecule has 4 unspecified atom stereocenters. The predicted molar refractivity (Wildman–Crippen MR) is 67.1 cm³/mol. The van der Waals surface area contributed by atoms with E-state index in [0.717, 1.165) is 0 Å². The lowest BCUT2D eigenvalue weighted by Gasteiger charge is -2.15. The minimum absolute atomic E-state index is 0.275. The number of aryl methyl sites for hydroxylation is 1. The van der Waals surface area contributed by atoms with E-state index in [1.807, 2.05) is 0 Å². The second-order valence-corrected chi connectivity index (χ2v) is 4.69. The molecule has 9 heteroatoms. The van der Waals surface area contributed by atoms with Crippen LogP contribution in [0.25, 0.3) is 0 Å². The number of hydrogen-bond donors (Lipinski definition) is 3. The molecule has 1 saturated heterocycles. The van der Waals surface area contributed by atoms with Gasteiger partial charge in [-0.3, -0.25) is 14.3 Å². The van der Waals surface area contributed by atoms with Crippen molar-refractivity contribution in [2.24, 2.45) is 0 Å². The van der Waals surface area contributed by atoms with Gasteiger partial charge >= 0.3 is 5.69 Å². The van der Waals surface area contributed by atoms with Gasteiger partial charge in [0.05, 0.1) is 12.7 Å². The second-order valence-electron chi connectivity index (χ2n) is 4.27. The number of aliphatic hydroxyl groups excluding tert-OH is 1. The average molecular weight is 290 g/mol. The molecule has 0 radical (unpaired) electrons. The monoisotopic (exact) mass is 290 g/mol. The zero-order chi connectivity index (χ0) is 14.0. The molecule has 19 heavy (non-hydrogen) atoms.